The molecule has 0 spiro atoms. The molecule has 1 aromatic carbocycles. The molecule has 0 bridgehead atoms. The first-order chi connectivity index (χ1) is 9.77. The van der Waals surface area contributed by atoms with Gasteiger partial charge in [0.25, 0.3) is 0 Å². The van der Waals surface area contributed by atoms with Gasteiger partial charge in [0.05, 0.1) is 11.2 Å². The van der Waals surface area contributed by atoms with Crippen molar-refractivity contribution in [3.63, 3.8) is 0 Å². The van der Waals surface area contributed by atoms with Crippen LogP contribution in [0.2, 0.25) is 0 Å². The molecule has 116 valence electrons. The zero-order valence-electron chi connectivity index (χ0n) is 13.9. The van der Waals surface area contributed by atoms with E-state index >= 15 is 0 Å². The van der Waals surface area contributed by atoms with Crippen LogP contribution in [0.1, 0.15) is 40.2 Å². The highest BCUT2D eigenvalue weighted by Crippen LogP contribution is 2.36. The first-order valence-corrected chi connectivity index (χ1v) is 7.43. The third kappa shape index (κ3) is 3.42. The Kier molecular flexibility index (Phi) is 4.66. The second-order valence-corrected chi connectivity index (χ2v) is 6.37. The molecule has 1 heterocycles. The molecule has 0 aliphatic carbocycles. The van der Waals surface area contributed by atoms with E-state index in [0.717, 1.165) is 16.8 Å². The maximum atomic E-state index is 6.06. The summed E-state index contributed by atoms with van der Waals surface area (Å²) in [6.45, 7) is 13.1. The molecule has 0 unspecified atom stereocenters. The van der Waals surface area contributed by atoms with Gasteiger partial charge in [0.2, 0.25) is 0 Å². The fourth-order valence-electron chi connectivity index (χ4n) is 2.15. The van der Waals surface area contributed by atoms with Crippen LogP contribution >= 0.6 is 0 Å². The molecule has 0 saturated carbocycles. The Balaban J connectivity index is 2.11. The summed E-state index contributed by atoms with van der Waals surface area (Å²) in [5.74, 6) is 0.823. The van der Waals surface area contributed by atoms with Crippen LogP contribution in [-0.2, 0) is 14.0 Å². The Morgan fingerprint density at radius 3 is 2.24 bits per heavy atom. The van der Waals surface area contributed by atoms with Crippen molar-refractivity contribution >= 4 is 12.6 Å². The monoisotopic (exact) mass is 292 g/mol. The minimum Gasteiger partial charge on any atom is -0.467 e. The van der Waals surface area contributed by atoms with Gasteiger partial charge in [-0.05, 0) is 58.6 Å². The van der Waals surface area contributed by atoms with Crippen LogP contribution in [0, 0.1) is 6.92 Å². The minimum absolute atomic E-state index is 0.271. The number of ether oxygens (including phenoxy) is 2. The maximum absolute atomic E-state index is 6.06. The van der Waals surface area contributed by atoms with E-state index in [4.69, 9.17) is 18.8 Å². The van der Waals surface area contributed by atoms with Gasteiger partial charge in [0.1, 0.15) is 5.75 Å². The second kappa shape index (κ2) is 5.99. The zero-order chi connectivity index (χ0) is 15.7. The average Bonchev–Trinajstić information content (AvgIpc) is 2.60. The van der Waals surface area contributed by atoms with Crippen LogP contribution in [0.15, 0.2) is 18.2 Å². The second-order valence-electron chi connectivity index (χ2n) is 6.37. The summed E-state index contributed by atoms with van der Waals surface area (Å²) in [6, 6.07) is 5.97. The van der Waals surface area contributed by atoms with Gasteiger partial charge < -0.3 is 18.8 Å². The fraction of sp³-hybridized carbons (Fsp3) is 0.625. The molecular weight excluding hydrogens is 267 g/mol. The van der Waals surface area contributed by atoms with Crippen molar-refractivity contribution in [3.05, 3.63) is 23.8 Å². The van der Waals surface area contributed by atoms with Crippen molar-refractivity contribution in [2.24, 2.45) is 0 Å². The lowest BCUT2D eigenvalue weighted by atomic mass is 9.78. The van der Waals surface area contributed by atoms with Crippen LogP contribution in [0.5, 0.6) is 5.75 Å². The van der Waals surface area contributed by atoms with Crippen molar-refractivity contribution in [2.75, 3.05) is 13.4 Å². The van der Waals surface area contributed by atoms with Crippen molar-refractivity contribution in [3.8, 4) is 5.75 Å². The molecule has 1 aliphatic rings. The average molecular weight is 292 g/mol. The number of hydrogen-bond donors (Lipinski definition) is 0. The Bertz CT molecular complexity index is 483. The van der Waals surface area contributed by atoms with Crippen molar-refractivity contribution in [1.82, 2.24) is 0 Å². The van der Waals surface area contributed by atoms with E-state index in [0.29, 0.717) is 6.61 Å². The maximum Gasteiger partial charge on any atom is 0.494 e. The van der Waals surface area contributed by atoms with Gasteiger partial charge in [-0.2, -0.15) is 0 Å². The van der Waals surface area contributed by atoms with Crippen LogP contribution in [0.25, 0.3) is 0 Å². The molecule has 0 radical (unpaired) electrons. The molecule has 0 amide bonds. The van der Waals surface area contributed by atoms with Crippen LogP contribution in [-0.4, -0.2) is 31.7 Å². The Hall–Kier alpha value is -1.04. The smallest absolute Gasteiger partial charge is 0.467 e. The molecular formula is C16H25BO4. The standard InChI is InChI=1S/C16H25BO4/c1-7-18-11-19-14-9-8-13(10-12(14)2)17-20-15(3,4)16(5,6)21-17/h8-10H,7,11H2,1-6H3. The van der Waals surface area contributed by atoms with Gasteiger partial charge in [-0.15, -0.1) is 0 Å². The van der Waals surface area contributed by atoms with Crippen molar-refractivity contribution in [1.29, 1.82) is 0 Å². The molecule has 4 nitrogen and oxygen atoms in total. The van der Waals surface area contributed by atoms with Gasteiger partial charge >= 0.3 is 7.12 Å². The van der Waals surface area contributed by atoms with Gasteiger partial charge in [0.15, 0.2) is 6.79 Å². The Morgan fingerprint density at radius 1 is 1.10 bits per heavy atom. The quantitative estimate of drug-likeness (QED) is 0.475. The topological polar surface area (TPSA) is 36.9 Å². The van der Waals surface area contributed by atoms with Crippen LogP contribution in [0.4, 0.5) is 0 Å². The fourth-order valence-corrected chi connectivity index (χ4v) is 2.15. The highest BCUT2D eigenvalue weighted by molar-refractivity contribution is 6.62. The molecule has 5 heteroatoms. The van der Waals surface area contributed by atoms with Crippen LogP contribution < -0.4 is 10.2 Å². The molecule has 0 atom stereocenters. The largest absolute Gasteiger partial charge is 0.494 e. The SMILES string of the molecule is CCOCOc1ccc(B2OC(C)(C)C(C)(C)O2)cc1C. The molecule has 1 aromatic rings. The first-order valence-electron chi connectivity index (χ1n) is 7.43. The first kappa shape index (κ1) is 16.3. The molecule has 2 rings (SSSR count). The summed E-state index contributed by atoms with van der Waals surface area (Å²) in [5, 5.41) is 0. The number of benzene rings is 1. The highest BCUT2D eigenvalue weighted by Gasteiger charge is 2.51. The summed E-state index contributed by atoms with van der Waals surface area (Å²) < 4.78 is 22.9. The van der Waals surface area contributed by atoms with E-state index in [2.05, 4.69) is 27.7 Å². The molecule has 1 fully saturated rings. The summed E-state index contributed by atoms with van der Waals surface area (Å²) in [4.78, 5) is 0. The third-order valence-corrected chi connectivity index (χ3v) is 4.23. The molecule has 1 aliphatic heterocycles. The lowest BCUT2D eigenvalue weighted by Gasteiger charge is -2.32. The predicted octanol–water partition coefficient (Wildman–Crippen LogP) is 2.67. The summed E-state index contributed by atoms with van der Waals surface area (Å²) in [7, 11) is -0.338. The minimum atomic E-state index is -0.338. The highest BCUT2D eigenvalue weighted by atomic mass is 16.7. The van der Waals surface area contributed by atoms with Gasteiger partial charge in [-0.25, -0.2) is 0 Å². The summed E-state index contributed by atoms with van der Waals surface area (Å²) in [5.41, 5.74) is 1.41. The van der Waals surface area contributed by atoms with E-state index in [9.17, 15) is 0 Å². The van der Waals surface area contributed by atoms with Crippen LogP contribution in [0.3, 0.4) is 0 Å². The molecule has 0 aromatic heterocycles. The predicted molar refractivity (Wildman–Crippen MR) is 84.0 cm³/mol. The van der Waals surface area contributed by atoms with Crippen molar-refractivity contribution < 1.29 is 18.8 Å². The van der Waals surface area contributed by atoms with Gasteiger partial charge in [0, 0.05) is 6.61 Å². The van der Waals surface area contributed by atoms with Crippen molar-refractivity contribution in [2.45, 2.75) is 52.7 Å². The molecule has 0 N–H and O–H groups in total. The van der Waals surface area contributed by atoms with E-state index < -0.39 is 0 Å². The van der Waals surface area contributed by atoms with Gasteiger partial charge in [-0.1, -0.05) is 12.1 Å². The molecule has 21 heavy (non-hydrogen) atoms. The lowest BCUT2D eigenvalue weighted by Crippen LogP contribution is -2.41. The number of rotatable bonds is 5. The Morgan fingerprint density at radius 2 is 1.71 bits per heavy atom. The number of aryl methyl sites for hydroxylation is 1. The number of hydrogen-bond acceptors (Lipinski definition) is 4. The Labute approximate surface area is 127 Å². The lowest BCUT2D eigenvalue weighted by molar-refractivity contribution is 0.00578. The summed E-state index contributed by atoms with van der Waals surface area (Å²) >= 11 is 0. The molecule has 1 saturated heterocycles. The summed E-state index contributed by atoms with van der Waals surface area (Å²) in [6.07, 6.45) is 0. The van der Waals surface area contributed by atoms with Gasteiger partial charge in [-0.3, -0.25) is 0 Å². The van der Waals surface area contributed by atoms with E-state index in [-0.39, 0.29) is 25.1 Å². The van der Waals surface area contributed by atoms with E-state index in [1.165, 1.54) is 0 Å². The van der Waals surface area contributed by atoms with E-state index in [1.807, 2.05) is 32.0 Å². The normalized spacial score (nSPS) is 19.8. The van der Waals surface area contributed by atoms with E-state index in [1.54, 1.807) is 0 Å². The third-order valence-electron chi connectivity index (χ3n) is 4.23. The zero-order valence-corrected chi connectivity index (χ0v) is 13.9.